The molecule has 2 unspecified atom stereocenters. The molecule has 22 heavy (non-hydrogen) atoms. The van der Waals surface area contributed by atoms with Crippen LogP contribution in [0.2, 0.25) is 0 Å². The Bertz CT molecular complexity index is 802. The van der Waals surface area contributed by atoms with Crippen molar-refractivity contribution in [2.24, 2.45) is 0 Å². The second-order valence-corrected chi connectivity index (χ2v) is 5.03. The van der Waals surface area contributed by atoms with Gasteiger partial charge in [-0.2, -0.15) is 0 Å². The fourth-order valence-corrected chi connectivity index (χ4v) is 2.65. The number of allylic oxidation sites excluding steroid dienone is 2. The van der Waals surface area contributed by atoms with Gasteiger partial charge in [-0.3, -0.25) is 9.59 Å². The summed E-state index contributed by atoms with van der Waals surface area (Å²) in [7, 11) is 0. The summed E-state index contributed by atoms with van der Waals surface area (Å²) in [5.41, 5.74) is -3.83. The first-order valence-corrected chi connectivity index (χ1v) is 6.27. The lowest BCUT2D eigenvalue weighted by atomic mass is 9.73. The number of aliphatic carboxylic acids is 1. The Morgan fingerprint density at radius 3 is 2.18 bits per heavy atom. The fourth-order valence-electron chi connectivity index (χ4n) is 2.65. The van der Waals surface area contributed by atoms with E-state index in [0.29, 0.717) is 6.08 Å². The lowest BCUT2D eigenvalue weighted by Gasteiger charge is -2.35. The number of hydrogen-bond acceptors (Lipinski definition) is 6. The standard InChI is InChI=1S/C15H10O7/c16-9-5-8-10(13(19)15(9,22)14(20)21)12(18)7-4-2-1-3-6(7)11(8)17/h1-5,13,16,19,22H,(H,20,21). The monoisotopic (exact) mass is 302 g/mol. The highest BCUT2D eigenvalue weighted by molar-refractivity contribution is 6.29. The molecule has 2 atom stereocenters. The molecule has 3 rings (SSSR count). The number of hydrogen-bond donors (Lipinski definition) is 4. The van der Waals surface area contributed by atoms with Crippen LogP contribution < -0.4 is 0 Å². The van der Waals surface area contributed by atoms with Crippen LogP contribution in [0.1, 0.15) is 20.7 Å². The molecule has 112 valence electrons. The summed E-state index contributed by atoms with van der Waals surface area (Å²) in [6, 6.07) is 5.84. The van der Waals surface area contributed by atoms with E-state index in [1.165, 1.54) is 18.2 Å². The van der Waals surface area contributed by atoms with E-state index in [-0.39, 0.29) is 16.7 Å². The van der Waals surface area contributed by atoms with Gasteiger partial charge < -0.3 is 20.4 Å². The minimum absolute atomic E-state index is 0.00725. The van der Waals surface area contributed by atoms with Crippen LogP contribution in [-0.2, 0) is 4.79 Å². The molecule has 0 fully saturated rings. The van der Waals surface area contributed by atoms with E-state index in [1.807, 2.05) is 0 Å². The minimum Gasteiger partial charge on any atom is -0.508 e. The molecule has 0 saturated heterocycles. The molecule has 0 saturated carbocycles. The third-order valence-electron chi connectivity index (χ3n) is 3.86. The topological polar surface area (TPSA) is 132 Å². The lowest BCUT2D eigenvalue weighted by Crippen LogP contribution is -2.55. The highest BCUT2D eigenvalue weighted by Gasteiger charge is 2.55. The second-order valence-electron chi connectivity index (χ2n) is 5.03. The summed E-state index contributed by atoms with van der Waals surface area (Å²) in [6.45, 7) is 0. The van der Waals surface area contributed by atoms with Crippen molar-refractivity contribution < 1.29 is 34.8 Å². The SMILES string of the molecule is O=C1C2=C(C(=O)c3ccccc31)C(O)C(O)(C(=O)O)C(O)=C2. The molecule has 7 heteroatoms. The quantitative estimate of drug-likeness (QED) is 0.573. The lowest BCUT2D eigenvalue weighted by molar-refractivity contribution is -0.166. The van der Waals surface area contributed by atoms with Gasteiger partial charge >= 0.3 is 5.97 Å². The van der Waals surface area contributed by atoms with Gasteiger partial charge in [0.1, 0.15) is 11.9 Å². The smallest absolute Gasteiger partial charge is 0.346 e. The minimum atomic E-state index is -3.07. The summed E-state index contributed by atoms with van der Waals surface area (Å²) in [6.07, 6.45) is -1.54. The number of Topliss-reactive ketones (excluding diaryl/α,β-unsaturated/α-hetero) is 2. The largest absolute Gasteiger partial charge is 0.508 e. The Kier molecular flexibility index (Phi) is 2.81. The van der Waals surface area contributed by atoms with Crippen LogP contribution in [0.5, 0.6) is 0 Å². The molecule has 0 aliphatic heterocycles. The highest BCUT2D eigenvalue weighted by atomic mass is 16.4. The number of benzene rings is 1. The molecular formula is C15H10O7. The summed E-state index contributed by atoms with van der Waals surface area (Å²) < 4.78 is 0. The maximum Gasteiger partial charge on any atom is 0.346 e. The molecule has 0 heterocycles. The Labute approximate surface area is 123 Å². The van der Waals surface area contributed by atoms with E-state index in [1.54, 1.807) is 6.07 Å². The van der Waals surface area contributed by atoms with Gasteiger partial charge in [-0.1, -0.05) is 24.3 Å². The van der Waals surface area contributed by atoms with Gasteiger partial charge in [0.15, 0.2) is 11.6 Å². The first-order valence-electron chi connectivity index (χ1n) is 6.27. The zero-order chi connectivity index (χ0) is 16.2. The number of fused-ring (bicyclic) bond motifs is 1. The third-order valence-corrected chi connectivity index (χ3v) is 3.86. The molecule has 0 radical (unpaired) electrons. The average molecular weight is 302 g/mol. The normalized spacial score (nSPS) is 27.2. The fraction of sp³-hybridized carbons (Fsp3) is 0.133. The molecule has 0 spiro atoms. The van der Waals surface area contributed by atoms with E-state index in [2.05, 4.69) is 0 Å². The van der Waals surface area contributed by atoms with Crippen LogP contribution in [0.3, 0.4) is 0 Å². The Hall–Kier alpha value is -2.77. The average Bonchev–Trinajstić information content (AvgIpc) is 2.49. The maximum atomic E-state index is 12.4. The van der Waals surface area contributed by atoms with Gasteiger partial charge in [0.2, 0.25) is 5.60 Å². The van der Waals surface area contributed by atoms with Crippen molar-refractivity contribution in [2.45, 2.75) is 11.7 Å². The molecule has 0 aromatic heterocycles. The van der Waals surface area contributed by atoms with Crippen LogP contribution in [-0.4, -0.2) is 49.7 Å². The van der Waals surface area contributed by atoms with E-state index in [0.717, 1.165) is 0 Å². The Morgan fingerprint density at radius 2 is 1.64 bits per heavy atom. The number of carbonyl (C=O) groups excluding carboxylic acids is 2. The summed E-state index contributed by atoms with van der Waals surface area (Å²) in [5.74, 6) is -4.43. The number of carboxylic acid groups (broad SMARTS) is 1. The number of aliphatic hydroxyl groups excluding tert-OH is 2. The van der Waals surface area contributed by atoms with Crippen molar-refractivity contribution in [3.63, 3.8) is 0 Å². The molecule has 1 aromatic rings. The van der Waals surface area contributed by atoms with Gasteiger partial charge in [-0.25, -0.2) is 4.79 Å². The molecule has 0 bridgehead atoms. The summed E-state index contributed by atoms with van der Waals surface area (Å²) in [5, 5.41) is 38.9. The van der Waals surface area contributed by atoms with Crippen LogP contribution >= 0.6 is 0 Å². The van der Waals surface area contributed by atoms with Crippen molar-refractivity contribution in [1.82, 2.24) is 0 Å². The van der Waals surface area contributed by atoms with Crippen molar-refractivity contribution in [1.29, 1.82) is 0 Å². The van der Waals surface area contributed by atoms with Crippen molar-refractivity contribution in [2.75, 3.05) is 0 Å². The summed E-state index contributed by atoms with van der Waals surface area (Å²) in [4.78, 5) is 36.0. The van der Waals surface area contributed by atoms with Gasteiger partial charge in [-0.05, 0) is 6.08 Å². The van der Waals surface area contributed by atoms with Crippen LogP contribution in [0.4, 0.5) is 0 Å². The zero-order valence-corrected chi connectivity index (χ0v) is 11.0. The number of rotatable bonds is 1. The van der Waals surface area contributed by atoms with Crippen molar-refractivity contribution in [3.05, 3.63) is 58.4 Å². The third kappa shape index (κ3) is 1.54. The maximum absolute atomic E-state index is 12.4. The predicted octanol–water partition coefficient (Wildman–Crippen LogP) is -0.00570. The molecule has 0 amide bonds. The Balaban J connectivity index is 2.27. The predicted molar refractivity (Wildman–Crippen MR) is 71.4 cm³/mol. The second kappa shape index (κ2) is 4.36. The van der Waals surface area contributed by atoms with Gasteiger partial charge in [0, 0.05) is 22.3 Å². The molecule has 7 nitrogen and oxygen atoms in total. The van der Waals surface area contributed by atoms with Gasteiger partial charge in [0.05, 0.1) is 0 Å². The van der Waals surface area contributed by atoms with Gasteiger partial charge in [0.25, 0.3) is 0 Å². The van der Waals surface area contributed by atoms with Crippen LogP contribution in [0.15, 0.2) is 47.2 Å². The first-order chi connectivity index (χ1) is 10.3. The molecule has 4 N–H and O–H groups in total. The first kappa shape index (κ1) is 14.2. The summed E-state index contributed by atoms with van der Waals surface area (Å²) >= 11 is 0. The van der Waals surface area contributed by atoms with Crippen LogP contribution in [0, 0.1) is 0 Å². The zero-order valence-electron chi connectivity index (χ0n) is 11.0. The molecular weight excluding hydrogens is 292 g/mol. The van der Waals surface area contributed by atoms with E-state index >= 15 is 0 Å². The molecule has 2 aliphatic rings. The van der Waals surface area contributed by atoms with E-state index in [4.69, 9.17) is 5.11 Å². The molecule has 1 aromatic carbocycles. The van der Waals surface area contributed by atoms with Crippen LogP contribution in [0.25, 0.3) is 0 Å². The number of aliphatic hydroxyl groups is 3. The Morgan fingerprint density at radius 1 is 1.09 bits per heavy atom. The number of carbonyl (C=O) groups is 3. The van der Waals surface area contributed by atoms with Gasteiger partial charge in [-0.15, -0.1) is 0 Å². The van der Waals surface area contributed by atoms with Crippen molar-refractivity contribution >= 4 is 17.5 Å². The van der Waals surface area contributed by atoms with E-state index < -0.39 is 40.6 Å². The molecule has 2 aliphatic carbocycles. The van der Waals surface area contributed by atoms with E-state index in [9.17, 15) is 29.7 Å². The number of ketones is 2. The highest BCUT2D eigenvalue weighted by Crippen LogP contribution is 2.38. The number of carboxylic acids is 1. The van der Waals surface area contributed by atoms with Crippen molar-refractivity contribution in [3.8, 4) is 0 Å².